The molecule has 0 spiro atoms. The largest absolute Gasteiger partial charge is 0.479 e. The molecule has 0 aliphatic carbocycles. The predicted molar refractivity (Wildman–Crippen MR) is 118 cm³/mol. The molecule has 2 aromatic heterocycles. The maximum atomic E-state index is 12.9. The number of aromatic nitrogens is 4. The quantitative estimate of drug-likeness (QED) is 0.187. The van der Waals surface area contributed by atoms with E-state index in [0.29, 0.717) is 11.4 Å². The molecule has 12 heteroatoms. The molecule has 0 aliphatic rings. The molecule has 1 aromatic carbocycles. The fraction of sp³-hybridized carbons (Fsp3) is 0.263. The highest BCUT2D eigenvalue weighted by molar-refractivity contribution is 7.80. The zero-order valence-electron chi connectivity index (χ0n) is 16.8. The van der Waals surface area contributed by atoms with E-state index < -0.39 is 22.9 Å². The fourth-order valence-electron chi connectivity index (χ4n) is 3.00. The van der Waals surface area contributed by atoms with E-state index in [9.17, 15) is 19.5 Å². The molecule has 0 radical (unpaired) electrons. The van der Waals surface area contributed by atoms with Gasteiger partial charge in [-0.1, -0.05) is 0 Å². The van der Waals surface area contributed by atoms with Gasteiger partial charge in [0.25, 0.3) is 5.56 Å². The number of Topliss-reactive ketones (excluding diaryl/α,β-unsaturated/α-hetero) is 1. The van der Waals surface area contributed by atoms with Crippen LogP contribution in [0.15, 0.2) is 35.3 Å². The van der Waals surface area contributed by atoms with Crippen molar-refractivity contribution in [3.05, 3.63) is 52.1 Å². The number of carboxylic acids is 1. The molecular weight excluding hydrogens is 422 g/mol. The number of nitrogens with one attached hydrogen (secondary N) is 2. The maximum Gasteiger partial charge on any atom is 0.333 e. The van der Waals surface area contributed by atoms with E-state index in [-0.39, 0.29) is 35.0 Å². The van der Waals surface area contributed by atoms with E-state index in [2.05, 4.69) is 37.9 Å². The van der Waals surface area contributed by atoms with Crippen LogP contribution < -0.4 is 16.6 Å². The summed E-state index contributed by atoms with van der Waals surface area (Å²) in [6.45, 7) is 0.257. The summed E-state index contributed by atoms with van der Waals surface area (Å²) in [5, 5.41) is 12.7. The van der Waals surface area contributed by atoms with Crippen molar-refractivity contribution < 1.29 is 14.7 Å². The second-order valence-electron chi connectivity index (χ2n) is 6.96. The standard InChI is InChI=1S/C19H21N7O4S/c1-26(2)19(9-31,17(29)30)14(27)10-3-5-11(6-4-10)21-7-12-8-22-15-13(23-12)16(28)25-18(20)24-15/h3-6,8,21,31H,7,9H2,1-2H3,(H,29,30)(H3,20,22,24,25,28)/t19-/m1/s1. The maximum absolute atomic E-state index is 12.9. The predicted octanol–water partition coefficient (Wildman–Crippen LogP) is 0.405. The van der Waals surface area contributed by atoms with Gasteiger partial charge in [0.2, 0.25) is 5.95 Å². The first kappa shape index (κ1) is 22.2. The number of nitrogen functional groups attached to an aromatic ring is 1. The van der Waals surface area contributed by atoms with Crippen LogP contribution >= 0.6 is 12.6 Å². The Morgan fingerprint density at radius 3 is 2.52 bits per heavy atom. The smallest absolute Gasteiger partial charge is 0.333 e. The summed E-state index contributed by atoms with van der Waals surface area (Å²) in [6.07, 6.45) is 1.48. The van der Waals surface area contributed by atoms with E-state index in [1.54, 1.807) is 24.3 Å². The third kappa shape index (κ3) is 4.20. The van der Waals surface area contributed by atoms with Crippen molar-refractivity contribution in [2.24, 2.45) is 0 Å². The van der Waals surface area contributed by atoms with Crippen molar-refractivity contribution in [2.45, 2.75) is 12.1 Å². The number of aliphatic carboxylic acids is 1. The van der Waals surface area contributed by atoms with Crippen molar-refractivity contribution in [3.63, 3.8) is 0 Å². The molecule has 3 aromatic rings. The number of nitrogens with zero attached hydrogens (tertiary/aromatic N) is 4. The highest BCUT2D eigenvalue weighted by atomic mass is 32.1. The van der Waals surface area contributed by atoms with Gasteiger partial charge < -0.3 is 16.2 Å². The van der Waals surface area contributed by atoms with Gasteiger partial charge in [-0.15, -0.1) is 0 Å². The average molecular weight is 443 g/mol. The first-order valence-corrected chi connectivity index (χ1v) is 9.74. The van der Waals surface area contributed by atoms with Gasteiger partial charge in [-0.2, -0.15) is 17.6 Å². The Hall–Kier alpha value is -3.51. The van der Waals surface area contributed by atoms with Crippen molar-refractivity contribution >= 4 is 47.2 Å². The Balaban J connectivity index is 1.77. The van der Waals surface area contributed by atoms with E-state index in [0.717, 1.165) is 0 Å². The molecule has 0 fully saturated rings. The van der Waals surface area contributed by atoms with Gasteiger partial charge in [0.05, 0.1) is 18.4 Å². The van der Waals surface area contributed by atoms with E-state index >= 15 is 0 Å². The molecule has 31 heavy (non-hydrogen) atoms. The topological polar surface area (TPSA) is 167 Å². The monoisotopic (exact) mass is 443 g/mol. The number of likely N-dealkylation sites (N-methyl/N-ethyl adjacent to an activating group) is 1. The number of hydrogen-bond donors (Lipinski definition) is 5. The number of anilines is 2. The molecule has 11 nitrogen and oxygen atoms in total. The van der Waals surface area contributed by atoms with Gasteiger partial charge in [-0.05, 0) is 38.4 Å². The average Bonchev–Trinajstić information content (AvgIpc) is 2.73. The number of carbonyl (C=O) groups is 2. The number of ketones is 1. The van der Waals surface area contributed by atoms with E-state index in [4.69, 9.17) is 5.73 Å². The second kappa shape index (κ2) is 8.70. The molecule has 5 N–H and O–H groups in total. The normalized spacial score (nSPS) is 13.2. The summed E-state index contributed by atoms with van der Waals surface area (Å²) in [6, 6.07) is 6.38. The number of thiol groups is 1. The Kier molecular flexibility index (Phi) is 6.22. The first-order chi connectivity index (χ1) is 14.7. The highest BCUT2D eigenvalue weighted by Crippen LogP contribution is 2.23. The minimum atomic E-state index is -1.76. The summed E-state index contributed by atoms with van der Waals surface area (Å²) in [5.41, 5.74) is 4.89. The highest BCUT2D eigenvalue weighted by Gasteiger charge is 2.47. The number of carboxylic acid groups (broad SMARTS) is 1. The summed E-state index contributed by atoms with van der Waals surface area (Å²) >= 11 is 4.10. The van der Waals surface area contributed by atoms with Crippen LogP contribution in [0.25, 0.3) is 11.2 Å². The van der Waals surface area contributed by atoms with Gasteiger partial charge in [0.15, 0.2) is 22.5 Å². The van der Waals surface area contributed by atoms with Crippen LogP contribution in [0.2, 0.25) is 0 Å². The number of H-pyrrole nitrogens is 1. The lowest BCUT2D eigenvalue weighted by Gasteiger charge is -2.32. The number of fused-ring (bicyclic) bond motifs is 1. The Labute approximate surface area is 182 Å². The number of rotatable bonds is 8. The SMILES string of the molecule is CN(C)[C@@](CS)(C(=O)O)C(=O)c1ccc(NCc2cnc3nc(N)[nH]c(=O)c3n2)cc1. The van der Waals surface area contributed by atoms with Crippen LogP contribution in [-0.4, -0.2) is 67.1 Å². The Bertz CT molecular complexity index is 1200. The summed E-state index contributed by atoms with van der Waals surface area (Å²) < 4.78 is 0. The van der Waals surface area contributed by atoms with Crippen molar-refractivity contribution in [1.29, 1.82) is 0 Å². The third-order valence-electron chi connectivity index (χ3n) is 4.83. The minimum Gasteiger partial charge on any atom is -0.479 e. The second-order valence-corrected chi connectivity index (χ2v) is 7.28. The fourth-order valence-corrected chi connectivity index (χ4v) is 3.56. The zero-order chi connectivity index (χ0) is 22.8. The molecule has 0 aliphatic heterocycles. The lowest BCUT2D eigenvalue weighted by Crippen LogP contribution is -2.59. The van der Waals surface area contributed by atoms with Gasteiger partial charge in [-0.25, -0.2) is 14.8 Å². The zero-order valence-corrected chi connectivity index (χ0v) is 17.7. The van der Waals surface area contributed by atoms with Gasteiger partial charge >= 0.3 is 5.97 Å². The molecule has 0 saturated carbocycles. The molecular formula is C19H21N7O4S. The summed E-state index contributed by atoms with van der Waals surface area (Å²) in [7, 11) is 3.05. The van der Waals surface area contributed by atoms with Crippen molar-refractivity contribution in [1.82, 2.24) is 24.8 Å². The van der Waals surface area contributed by atoms with Crippen LogP contribution in [0, 0.1) is 0 Å². The summed E-state index contributed by atoms with van der Waals surface area (Å²) in [4.78, 5) is 52.6. The van der Waals surface area contributed by atoms with Crippen LogP contribution in [-0.2, 0) is 11.3 Å². The molecule has 0 bridgehead atoms. The molecule has 0 saturated heterocycles. The molecule has 1 atom stereocenters. The lowest BCUT2D eigenvalue weighted by atomic mass is 9.89. The molecule has 2 heterocycles. The van der Waals surface area contributed by atoms with Crippen LogP contribution in [0.4, 0.5) is 11.6 Å². The van der Waals surface area contributed by atoms with Crippen LogP contribution in [0.5, 0.6) is 0 Å². The number of aromatic amines is 1. The lowest BCUT2D eigenvalue weighted by molar-refractivity contribution is -0.145. The minimum absolute atomic E-state index is 0.0357. The van der Waals surface area contributed by atoms with Gasteiger partial charge in [0, 0.05) is 17.0 Å². The molecule has 3 rings (SSSR count). The first-order valence-electron chi connectivity index (χ1n) is 9.11. The molecule has 0 amide bonds. The van der Waals surface area contributed by atoms with E-state index in [1.165, 1.54) is 25.2 Å². The number of nitrogens with two attached hydrogens (primary N) is 1. The number of hydrogen-bond acceptors (Lipinski definition) is 10. The molecule has 162 valence electrons. The molecule has 0 unspecified atom stereocenters. The van der Waals surface area contributed by atoms with Gasteiger partial charge in [0.1, 0.15) is 0 Å². The summed E-state index contributed by atoms with van der Waals surface area (Å²) in [5.74, 6) is -2.03. The Morgan fingerprint density at radius 2 is 1.94 bits per heavy atom. The van der Waals surface area contributed by atoms with Crippen LogP contribution in [0.3, 0.4) is 0 Å². The van der Waals surface area contributed by atoms with E-state index in [1.807, 2.05) is 0 Å². The Morgan fingerprint density at radius 1 is 1.26 bits per heavy atom. The van der Waals surface area contributed by atoms with Crippen molar-refractivity contribution in [2.75, 3.05) is 30.9 Å². The van der Waals surface area contributed by atoms with Crippen molar-refractivity contribution in [3.8, 4) is 0 Å². The number of carbonyl (C=O) groups excluding carboxylic acids is 1. The van der Waals surface area contributed by atoms with Gasteiger partial charge in [-0.3, -0.25) is 19.5 Å². The van der Waals surface area contributed by atoms with Crippen LogP contribution in [0.1, 0.15) is 16.1 Å². The number of benzene rings is 1. The third-order valence-corrected chi connectivity index (χ3v) is 5.29.